The van der Waals surface area contributed by atoms with Crippen molar-refractivity contribution in [1.82, 2.24) is 10.0 Å². The molecule has 0 amide bonds. The van der Waals surface area contributed by atoms with Gasteiger partial charge in [-0.15, -0.1) is 0 Å². The van der Waals surface area contributed by atoms with E-state index in [-0.39, 0.29) is 12.1 Å². The van der Waals surface area contributed by atoms with Crippen LogP contribution in [0.3, 0.4) is 0 Å². The van der Waals surface area contributed by atoms with Gasteiger partial charge in [0, 0.05) is 19.2 Å². The van der Waals surface area contributed by atoms with Gasteiger partial charge in [-0.05, 0) is 49.9 Å². The Morgan fingerprint density at radius 1 is 1.43 bits per heavy atom. The summed E-state index contributed by atoms with van der Waals surface area (Å²) in [6.45, 7) is 4.16. The lowest BCUT2D eigenvalue weighted by atomic mass is 10.0. The first kappa shape index (κ1) is 15.0. The van der Waals surface area contributed by atoms with Crippen LogP contribution in [0, 0.1) is 0 Å². The van der Waals surface area contributed by atoms with Crippen LogP contribution in [0.4, 0.5) is 0 Å². The highest BCUT2D eigenvalue weighted by molar-refractivity contribution is 7.89. The minimum absolute atomic E-state index is 0.0130. The molecular weight excluding hydrogens is 288 g/mol. The van der Waals surface area contributed by atoms with Gasteiger partial charge < -0.3 is 10.1 Å². The summed E-state index contributed by atoms with van der Waals surface area (Å²) in [5, 5.41) is 3.27. The van der Waals surface area contributed by atoms with Crippen molar-refractivity contribution in [2.75, 3.05) is 13.2 Å². The molecule has 2 heterocycles. The van der Waals surface area contributed by atoms with E-state index in [4.69, 9.17) is 4.74 Å². The Bertz CT molecular complexity index is 609. The topological polar surface area (TPSA) is 67.4 Å². The van der Waals surface area contributed by atoms with Crippen molar-refractivity contribution < 1.29 is 13.2 Å². The molecule has 2 N–H and O–H groups in total. The summed E-state index contributed by atoms with van der Waals surface area (Å²) in [5.74, 6) is 0. The van der Waals surface area contributed by atoms with Crippen LogP contribution in [0.2, 0.25) is 0 Å². The molecule has 0 radical (unpaired) electrons. The van der Waals surface area contributed by atoms with Gasteiger partial charge in [-0.3, -0.25) is 0 Å². The van der Waals surface area contributed by atoms with E-state index in [1.165, 1.54) is 0 Å². The maximum Gasteiger partial charge on any atom is 0.241 e. The van der Waals surface area contributed by atoms with Crippen molar-refractivity contribution >= 4 is 10.0 Å². The van der Waals surface area contributed by atoms with Crippen LogP contribution in [0.15, 0.2) is 23.1 Å². The van der Waals surface area contributed by atoms with Crippen LogP contribution < -0.4 is 10.0 Å². The van der Waals surface area contributed by atoms with Gasteiger partial charge in [0.2, 0.25) is 10.0 Å². The van der Waals surface area contributed by atoms with Crippen LogP contribution in [0.25, 0.3) is 0 Å². The van der Waals surface area contributed by atoms with Crippen molar-refractivity contribution in [1.29, 1.82) is 0 Å². The number of hydrogen-bond acceptors (Lipinski definition) is 4. The summed E-state index contributed by atoms with van der Waals surface area (Å²) in [6.07, 6.45) is 2.66. The van der Waals surface area contributed by atoms with Crippen LogP contribution in [-0.4, -0.2) is 33.7 Å². The van der Waals surface area contributed by atoms with Crippen LogP contribution in [0.5, 0.6) is 0 Å². The predicted octanol–water partition coefficient (Wildman–Crippen LogP) is 1.18. The third-order valence-corrected chi connectivity index (χ3v) is 5.89. The zero-order chi connectivity index (χ0) is 14.9. The van der Waals surface area contributed by atoms with Gasteiger partial charge in [0.05, 0.1) is 11.0 Å². The lowest BCUT2D eigenvalue weighted by Gasteiger charge is -2.23. The van der Waals surface area contributed by atoms with Gasteiger partial charge in [0.25, 0.3) is 0 Å². The van der Waals surface area contributed by atoms with E-state index in [0.29, 0.717) is 4.90 Å². The fourth-order valence-corrected chi connectivity index (χ4v) is 4.71. The standard InChI is InChI=1S/C15H22N2O3S/c1-11(14-5-3-9-20-14)17-21(18,19)15-6-2-4-12-10-16-8-7-13(12)15/h2,4,6,11,14,16-17H,3,5,7-10H2,1H3. The second-order valence-electron chi connectivity index (χ2n) is 5.78. The zero-order valence-corrected chi connectivity index (χ0v) is 13.1. The van der Waals surface area contributed by atoms with Crippen molar-refractivity contribution in [2.45, 2.75) is 49.8 Å². The minimum atomic E-state index is -3.50. The SMILES string of the molecule is CC(NS(=O)(=O)c1cccc2c1CCNC2)C1CCCO1. The maximum absolute atomic E-state index is 12.7. The lowest BCUT2D eigenvalue weighted by Crippen LogP contribution is -2.41. The summed E-state index contributed by atoms with van der Waals surface area (Å²) in [5.41, 5.74) is 2.03. The molecule has 21 heavy (non-hydrogen) atoms. The Labute approximate surface area is 126 Å². The lowest BCUT2D eigenvalue weighted by molar-refractivity contribution is 0.0902. The first-order chi connectivity index (χ1) is 10.1. The molecule has 0 saturated carbocycles. The summed E-state index contributed by atoms with van der Waals surface area (Å²) in [6, 6.07) is 5.31. The molecule has 5 nitrogen and oxygen atoms in total. The van der Waals surface area contributed by atoms with Crippen molar-refractivity contribution in [3.8, 4) is 0 Å². The Morgan fingerprint density at radius 2 is 2.29 bits per heavy atom. The monoisotopic (exact) mass is 310 g/mol. The molecule has 2 unspecified atom stereocenters. The van der Waals surface area contributed by atoms with E-state index in [1.54, 1.807) is 6.07 Å². The highest BCUT2D eigenvalue weighted by atomic mass is 32.2. The Balaban J connectivity index is 1.84. The largest absolute Gasteiger partial charge is 0.377 e. The highest BCUT2D eigenvalue weighted by Crippen LogP contribution is 2.24. The highest BCUT2D eigenvalue weighted by Gasteiger charge is 2.29. The summed E-state index contributed by atoms with van der Waals surface area (Å²) in [4.78, 5) is 0.423. The first-order valence-corrected chi connectivity index (χ1v) is 9.01. The normalized spacial score (nSPS) is 23.8. The fraction of sp³-hybridized carbons (Fsp3) is 0.600. The Hall–Kier alpha value is -0.950. The fourth-order valence-electron chi connectivity index (χ4n) is 3.13. The minimum Gasteiger partial charge on any atom is -0.377 e. The number of ether oxygens (including phenoxy) is 1. The van der Waals surface area contributed by atoms with Crippen LogP contribution in [-0.2, 0) is 27.7 Å². The Morgan fingerprint density at radius 3 is 3.05 bits per heavy atom. The third-order valence-electron chi connectivity index (χ3n) is 4.25. The molecule has 0 spiro atoms. The number of benzene rings is 1. The molecule has 1 saturated heterocycles. The first-order valence-electron chi connectivity index (χ1n) is 7.53. The van der Waals surface area contributed by atoms with Crippen LogP contribution in [0.1, 0.15) is 30.9 Å². The summed E-state index contributed by atoms with van der Waals surface area (Å²) in [7, 11) is -3.50. The van der Waals surface area contributed by atoms with Gasteiger partial charge in [-0.2, -0.15) is 0 Å². The van der Waals surface area contributed by atoms with E-state index in [9.17, 15) is 8.42 Å². The van der Waals surface area contributed by atoms with E-state index in [2.05, 4.69) is 10.0 Å². The van der Waals surface area contributed by atoms with Gasteiger partial charge >= 0.3 is 0 Å². The van der Waals surface area contributed by atoms with Crippen LogP contribution >= 0.6 is 0 Å². The van der Waals surface area contributed by atoms with E-state index in [0.717, 1.165) is 50.1 Å². The molecule has 1 aromatic carbocycles. The summed E-state index contributed by atoms with van der Waals surface area (Å²) >= 11 is 0. The maximum atomic E-state index is 12.7. The molecule has 2 atom stereocenters. The van der Waals surface area contributed by atoms with E-state index < -0.39 is 10.0 Å². The number of sulfonamides is 1. The third kappa shape index (κ3) is 3.13. The average molecular weight is 310 g/mol. The molecule has 1 fully saturated rings. The summed E-state index contributed by atoms with van der Waals surface area (Å²) < 4.78 is 33.7. The smallest absolute Gasteiger partial charge is 0.241 e. The molecule has 2 aliphatic heterocycles. The van der Waals surface area contributed by atoms with Crippen molar-refractivity contribution in [3.63, 3.8) is 0 Å². The van der Waals surface area contributed by atoms with E-state index >= 15 is 0 Å². The molecular formula is C15H22N2O3S. The zero-order valence-electron chi connectivity index (χ0n) is 12.3. The van der Waals surface area contributed by atoms with Gasteiger partial charge in [-0.1, -0.05) is 12.1 Å². The second kappa shape index (κ2) is 6.04. The molecule has 6 heteroatoms. The molecule has 0 aromatic heterocycles. The van der Waals surface area contributed by atoms with Crippen molar-refractivity contribution in [2.24, 2.45) is 0 Å². The molecule has 0 bridgehead atoms. The average Bonchev–Trinajstić information content (AvgIpc) is 3.00. The Kier molecular flexibility index (Phi) is 4.31. The predicted molar refractivity (Wildman–Crippen MR) is 80.6 cm³/mol. The molecule has 2 aliphatic rings. The molecule has 1 aromatic rings. The molecule has 0 aliphatic carbocycles. The number of nitrogens with one attached hydrogen (secondary N) is 2. The second-order valence-corrected chi connectivity index (χ2v) is 7.46. The van der Waals surface area contributed by atoms with Crippen molar-refractivity contribution in [3.05, 3.63) is 29.3 Å². The van der Waals surface area contributed by atoms with E-state index in [1.807, 2.05) is 19.1 Å². The van der Waals surface area contributed by atoms with Gasteiger partial charge in [0.15, 0.2) is 0 Å². The molecule has 3 rings (SSSR count). The van der Waals surface area contributed by atoms with Gasteiger partial charge in [-0.25, -0.2) is 13.1 Å². The number of rotatable bonds is 4. The number of hydrogen-bond donors (Lipinski definition) is 2. The quantitative estimate of drug-likeness (QED) is 0.876. The van der Waals surface area contributed by atoms with Gasteiger partial charge in [0.1, 0.15) is 0 Å². The molecule has 116 valence electrons. The number of fused-ring (bicyclic) bond motifs is 1.